The minimum absolute atomic E-state index is 0.0604. The Balaban J connectivity index is 1.50. The molecule has 3 aromatic rings. The molecule has 11 heteroatoms. The summed E-state index contributed by atoms with van der Waals surface area (Å²) in [6.45, 7) is 10.6. The molecule has 0 fully saturated rings. The van der Waals surface area contributed by atoms with Gasteiger partial charge < -0.3 is 28.8 Å². The van der Waals surface area contributed by atoms with Gasteiger partial charge in [0.15, 0.2) is 6.79 Å². The van der Waals surface area contributed by atoms with Gasteiger partial charge in [0.05, 0.1) is 12.3 Å². The van der Waals surface area contributed by atoms with Gasteiger partial charge in [-0.15, -0.1) is 0 Å². The molecule has 0 saturated heterocycles. The highest BCUT2D eigenvalue weighted by atomic mass is 16.7. The Kier molecular flexibility index (Phi) is 12.5. The summed E-state index contributed by atoms with van der Waals surface area (Å²) >= 11 is 0. The Labute approximate surface area is 307 Å². The molecular formula is C41H53N3O8. The largest absolute Gasteiger partial charge is 0.488 e. The molecule has 11 nitrogen and oxygen atoms in total. The number of amides is 2. The van der Waals surface area contributed by atoms with Crippen molar-refractivity contribution >= 4 is 23.8 Å². The normalized spacial score (nSPS) is 14.0. The first kappa shape index (κ1) is 38.6. The molecule has 0 aliphatic heterocycles. The number of alkyl carbamates (subject to hydrolysis) is 2. The molecule has 2 amide bonds. The van der Waals surface area contributed by atoms with Crippen LogP contribution in [0.2, 0.25) is 0 Å². The number of aliphatic hydroxyl groups excluding tert-OH is 1. The Hall–Kier alpha value is -4.61. The molecule has 0 saturated carbocycles. The third-order valence-corrected chi connectivity index (χ3v) is 8.70. The van der Waals surface area contributed by atoms with Crippen molar-refractivity contribution in [2.75, 3.05) is 13.9 Å². The average Bonchev–Trinajstić information content (AvgIpc) is 3.07. The van der Waals surface area contributed by atoms with E-state index < -0.39 is 23.4 Å². The lowest BCUT2D eigenvalue weighted by atomic mass is 9.79. The van der Waals surface area contributed by atoms with Crippen LogP contribution < -0.4 is 20.1 Å². The Morgan fingerprint density at radius 2 is 1.38 bits per heavy atom. The maximum Gasteiger partial charge on any atom is 0.414 e. The summed E-state index contributed by atoms with van der Waals surface area (Å²) < 4.78 is 29.1. The number of nitrogens with one attached hydrogen (secondary N) is 2. The number of benzene rings is 3. The molecule has 0 unspecified atom stereocenters. The van der Waals surface area contributed by atoms with Gasteiger partial charge in [0.2, 0.25) is 5.96 Å². The van der Waals surface area contributed by atoms with Gasteiger partial charge in [-0.1, -0.05) is 18.2 Å². The van der Waals surface area contributed by atoms with Crippen LogP contribution in [0.3, 0.4) is 0 Å². The van der Waals surface area contributed by atoms with Crippen molar-refractivity contribution in [3.63, 3.8) is 0 Å². The lowest BCUT2D eigenvalue weighted by molar-refractivity contribution is 0.0497. The second-order valence-electron chi connectivity index (χ2n) is 15.2. The summed E-state index contributed by atoms with van der Waals surface area (Å²) in [5, 5.41) is 15.6. The first-order valence-corrected chi connectivity index (χ1v) is 18.1. The number of fused-ring (bicyclic) bond motifs is 2. The molecule has 3 aromatic carbocycles. The Morgan fingerprint density at radius 3 is 2.00 bits per heavy atom. The monoisotopic (exact) mass is 715 g/mol. The van der Waals surface area contributed by atoms with E-state index in [1.807, 2.05) is 18.2 Å². The number of aliphatic imine (C=N–C) groups is 1. The maximum atomic E-state index is 12.7. The molecule has 0 spiro atoms. The third kappa shape index (κ3) is 10.3. The number of aliphatic hydroxyl groups is 1. The zero-order valence-corrected chi connectivity index (χ0v) is 31.6. The van der Waals surface area contributed by atoms with Crippen LogP contribution in [0.1, 0.15) is 101 Å². The predicted molar refractivity (Wildman–Crippen MR) is 200 cm³/mol. The van der Waals surface area contributed by atoms with Crippen molar-refractivity contribution in [3.05, 3.63) is 75.8 Å². The molecule has 2 aliphatic rings. The van der Waals surface area contributed by atoms with Crippen molar-refractivity contribution in [1.82, 2.24) is 10.6 Å². The lowest BCUT2D eigenvalue weighted by Crippen LogP contribution is -2.47. The van der Waals surface area contributed by atoms with E-state index in [1.54, 1.807) is 54.7 Å². The second-order valence-corrected chi connectivity index (χ2v) is 15.2. The van der Waals surface area contributed by atoms with E-state index in [9.17, 15) is 14.7 Å². The number of methoxy groups -OCH3 is 1. The highest BCUT2D eigenvalue weighted by Crippen LogP contribution is 2.48. The zero-order chi connectivity index (χ0) is 37.5. The molecule has 0 aromatic heterocycles. The van der Waals surface area contributed by atoms with E-state index in [0.29, 0.717) is 11.4 Å². The minimum atomic E-state index is -0.775. The number of hydrogen-bond donors (Lipinski definition) is 3. The molecular weight excluding hydrogens is 662 g/mol. The fourth-order valence-corrected chi connectivity index (χ4v) is 6.71. The van der Waals surface area contributed by atoms with E-state index in [0.717, 1.165) is 79.4 Å². The summed E-state index contributed by atoms with van der Waals surface area (Å²) in [6.07, 6.45) is 6.63. The van der Waals surface area contributed by atoms with Gasteiger partial charge in [-0.25, -0.2) is 14.6 Å². The highest BCUT2D eigenvalue weighted by molar-refractivity contribution is 6.02. The van der Waals surface area contributed by atoms with Crippen LogP contribution >= 0.6 is 0 Å². The van der Waals surface area contributed by atoms with Crippen molar-refractivity contribution in [3.8, 4) is 22.6 Å². The number of ether oxygens (including phenoxy) is 5. The minimum Gasteiger partial charge on any atom is -0.488 e. The molecule has 2 aliphatic carbocycles. The number of hydrogen-bond acceptors (Lipinski definition) is 9. The van der Waals surface area contributed by atoms with Gasteiger partial charge in [0, 0.05) is 23.8 Å². The molecule has 3 N–H and O–H groups in total. The number of nitrogens with zero attached hydrogens (tertiary/aromatic N) is 1. The smallest absolute Gasteiger partial charge is 0.414 e. The topological polar surface area (TPSA) is 137 Å². The quantitative estimate of drug-likeness (QED) is 0.115. The van der Waals surface area contributed by atoms with E-state index >= 15 is 0 Å². The van der Waals surface area contributed by atoms with E-state index in [-0.39, 0.29) is 26.0 Å². The number of carbonyl (C=O) groups is 2. The van der Waals surface area contributed by atoms with E-state index in [2.05, 4.69) is 33.8 Å². The molecule has 0 bridgehead atoms. The number of guanidine groups is 1. The molecule has 0 heterocycles. The zero-order valence-electron chi connectivity index (χ0n) is 31.6. The maximum absolute atomic E-state index is 12.7. The van der Waals surface area contributed by atoms with Gasteiger partial charge in [-0.2, -0.15) is 0 Å². The molecule has 0 radical (unpaired) electrons. The molecule has 0 atom stereocenters. The fraction of sp³-hybridized carbons (Fsp3) is 0.488. The SMILES string of the molecule is COCOc1c(CO)cc2c(c1-c1c(OCc3cccc(N=C(NC(=O)OC(C)(C)C)NC(=O)OC(C)(C)C)c3)ccc3c1CCCC3)CCCC2. The van der Waals surface area contributed by atoms with Crippen molar-refractivity contribution in [2.45, 2.75) is 117 Å². The summed E-state index contributed by atoms with van der Waals surface area (Å²) in [4.78, 5) is 29.8. The number of rotatable bonds is 9. The molecule has 280 valence electrons. The van der Waals surface area contributed by atoms with Crippen LogP contribution in [-0.4, -0.2) is 48.4 Å². The highest BCUT2D eigenvalue weighted by Gasteiger charge is 2.29. The summed E-state index contributed by atoms with van der Waals surface area (Å²) in [5.74, 6) is 1.24. The summed E-state index contributed by atoms with van der Waals surface area (Å²) in [6, 6.07) is 13.7. The predicted octanol–water partition coefficient (Wildman–Crippen LogP) is 8.20. The van der Waals surface area contributed by atoms with Crippen LogP contribution in [-0.2, 0) is 53.1 Å². The van der Waals surface area contributed by atoms with Crippen LogP contribution in [0.15, 0.2) is 47.5 Å². The van der Waals surface area contributed by atoms with Crippen molar-refractivity contribution < 1.29 is 38.4 Å². The summed E-state index contributed by atoms with van der Waals surface area (Å²) in [7, 11) is 1.60. The first-order chi connectivity index (χ1) is 24.7. The van der Waals surface area contributed by atoms with Gasteiger partial charge in [-0.05, 0) is 145 Å². The first-order valence-electron chi connectivity index (χ1n) is 18.1. The summed E-state index contributed by atoms with van der Waals surface area (Å²) in [5.41, 5.74) is 7.60. The van der Waals surface area contributed by atoms with Gasteiger partial charge >= 0.3 is 12.2 Å². The number of aryl methyl sites for hydroxylation is 2. The van der Waals surface area contributed by atoms with Crippen LogP contribution in [0.5, 0.6) is 11.5 Å². The number of carbonyl (C=O) groups excluding carboxylic acids is 2. The van der Waals surface area contributed by atoms with Crippen LogP contribution in [0.25, 0.3) is 11.1 Å². The third-order valence-electron chi connectivity index (χ3n) is 8.70. The fourth-order valence-electron chi connectivity index (χ4n) is 6.71. The second kappa shape index (κ2) is 16.8. The van der Waals surface area contributed by atoms with Crippen LogP contribution in [0.4, 0.5) is 15.3 Å². The Morgan fingerprint density at radius 1 is 0.769 bits per heavy atom. The molecule has 52 heavy (non-hydrogen) atoms. The van der Waals surface area contributed by atoms with E-state index in [4.69, 9.17) is 23.7 Å². The van der Waals surface area contributed by atoms with E-state index in [1.165, 1.54) is 22.3 Å². The van der Waals surface area contributed by atoms with Crippen LogP contribution in [0, 0.1) is 0 Å². The Bertz CT molecular complexity index is 1760. The van der Waals surface area contributed by atoms with Crippen molar-refractivity contribution in [1.29, 1.82) is 0 Å². The van der Waals surface area contributed by atoms with Gasteiger partial charge in [0.25, 0.3) is 0 Å². The van der Waals surface area contributed by atoms with Crippen molar-refractivity contribution in [2.24, 2.45) is 4.99 Å². The van der Waals surface area contributed by atoms with Gasteiger partial charge in [0.1, 0.15) is 29.3 Å². The standard InChI is InChI=1S/C41H53N3O8/c1-40(2,3)51-38(46)43-37(44-39(47)52-41(4,5)6)42-30-16-12-13-26(21-30)24-49-33-20-19-27-14-8-10-17-31(27)34(33)35-32-18-11-9-15-28(32)22-29(23-45)36(35)50-25-48-7/h12-13,16,19-22,45H,8-11,14-15,17-18,23-25H2,1-7H3,(H2,42,43,44,46,47). The lowest BCUT2D eigenvalue weighted by Gasteiger charge is -2.29. The van der Waals surface area contributed by atoms with Gasteiger partial charge in [-0.3, -0.25) is 10.6 Å². The molecule has 5 rings (SSSR count). The average molecular weight is 716 g/mol.